The molecule has 0 spiro atoms. The second kappa shape index (κ2) is 10.4. The molecular formula is C41H27N3. The highest BCUT2D eigenvalue weighted by molar-refractivity contribution is 6.13. The zero-order chi connectivity index (χ0) is 29.6. The monoisotopic (exact) mass is 561 g/mol. The van der Waals surface area contributed by atoms with Crippen LogP contribution >= 0.6 is 0 Å². The minimum atomic E-state index is 0.487. The Morgan fingerprint density at radius 1 is 0.523 bits per heavy atom. The Kier molecular flexibility index (Phi) is 6.04. The van der Waals surface area contributed by atoms with E-state index in [9.17, 15) is 0 Å². The molecule has 8 aromatic rings. The van der Waals surface area contributed by atoms with Gasteiger partial charge in [-0.1, -0.05) is 96.8 Å². The van der Waals surface area contributed by atoms with E-state index in [0.29, 0.717) is 13.1 Å². The predicted octanol–water partition coefficient (Wildman–Crippen LogP) is 9.56. The maximum Gasteiger partial charge on any atom is 0.0835 e. The summed E-state index contributed by atoms with van der Waals surface area (Å²) in [5.74, 6) is 5.63. The van der Waals surface area contributed by atoms with E-state index in [1.807, 2.05) is 0 Å². The fraction of sp³-hybridized carbons (Fsp3) is 0.0488. The van der Waals surface area contributed by atoms with Gasteiger partial charge in [0, 0.05) is 45.3 Å². The highest BCUT2D eigenvalue weighted by Gasteiger charge is 2.19. The molecule has 0 fully saturated rings. The van der Waals surface area contributed by atoms with E-state index in [2.05, 4.69) is 149 Å². The normalized spacial score (nSPS) is 11.3. The molecule has 0 amide bonds. The van der Waals surface area contributed by atoms with Crippen LogP contribution in [-0.4, -0.2) is 14.1 Å². The molecule has 3 aromatic heterocycles. The van der Waals surface area contributed by atoms with Crippen molar-refractivity contribution >= 4 is 43.4 Å². The summed E-state index contributed by atoms with van der Waals surface area (Å²) in [6, 6.07) is 40.8. The molecule has 0 saturated heterocycles. The van der Waals surface area contributed by atoms with E-state index in [-0.39, 0.29) is 0 Å². The molecule has 0 bridgehead atoms. The zero-order valence-electron chi connectivity index (χ0n) is 24.0. The minimum Gasteiger partial charge on any atom is -0.335 e. The Morgan fingerprint density at radius 2 is 0.955 bits per heavy atom. The Labute approximate surface area is 256 Å². The lowest BCUT2D eigenvalue weighted by Crippen LogP contribution is -1.94. The molecule has 0 aliphatic rings. The predicted molar refractivity (Wildman–Crippen MR) is 184 cm³/mol. The molecule has 0 saturated carbocycles. The first kappa shape index (κ1) is 25.7. The zero-order valence-corrected chi connectivity index (χ0v) is 24.0. The number of pyridine rings is 1. The number of nitrogens with zero attached hydrogens (tertiary/aromatic N) is 3. The Bertz CT molecular complexity index is 2310. The van der Waals surface area contributed by atoms with E-state index < -0.39 is 0 Å². The van der Waals surface area contributed by atoms with Gasteiger partial charge in [-0.25, -0.2) is 4.98 Å². The molecule has 0 aliphatic carbocycles. The van der Waals surface area contributed by atoms with Gasteiger partial charge in [0.1, 0.15) is 0 Å². The molecule has 3 heteroatoms. The first-order valence-corrected chi connectivity index (χ1v) is 14.7. The molecule has 0 unspecified atom stereocenters. The topological polar surface area (TPSA) is 22.8 Å². The second-order valence-corrected chi connectivity index (χ2v) is 11.1. The van der Waals surface area contributed by atoms with Crippen LogP contribution in [0.4, 0.5) is 0 Å². The first-order chi connectivity index (χ1) is 21.7. The molecule has 0 aliphatic heterocycles. The summed E-state index contributed by atoms with van der Waals surface area (Å²) in [4.78, 5) is 5.38. The van der Waals surface area contributed by atoms with Crippen molar-refractivity contribution in [2.75, 3.05) is 0 Å². The van der Waals surface area contributed by atoms with Gasteiger partial charge in [0.25, 0.3) is 0 Å². The second-order valence-electron chi connectivity index (χ2n) is 11.1. The summed E-state index contributed by atoms with van der Waals surface area (Å²) in [5, 5.41) is 7.07. The van der Waals surface area contributed by atoms with Crippen molar-refractivity contribution in [1.82, 2.24) is 14.1 Å². The third kappa shape index (κ3) is 4.07. The molecule has 206 valence electrons. The number of aromatic nitrogens is 3. The van der Waals surface area contributed by atoms with Crippen LogP contribution in [0.2, 0.25) is 0 Å². The summed E-state index contributed by atoms with van der Waals surface area (Å²) in [7, 11) is 0. The van der Waals surface area contributed by atoms with Crippen molar-refractivity contribution in [3.63, 3.8) is 0 Å². The molecule has 3 heterocycles. The van der Waals surface area contributed by atoms with Crippen LogP contribution < -0.4 is 0 Å². The third-order valence-electron chi connectivity index (χ3n) is 8.54. The van der Waals surface area contributed by atoms with Crippen LogP contribution in [-0.2, 0) is 13.1 Å². The molecule has 0 atom stereocenters. The van der Waals surface area contributed by atoms with Crippen LogP contribution in [0, 0.1) is 24.7 Å². The van der Waals surface area contributed by atoms with Gasteiger partial charge >= 0.3 is 0 Å². The maximum absolute atomic E-state index is 5.78. The summed E-state index contributed by atoms with van der Waals surface area (Å²) in [6.45, 7) is 0.973. The van der Waals surface area contributed by atoms with Gasteiger partial charge in [-0.05, 0) is 63.0 Å². The third-order valence-corrected chi connectivity index (χ3v) is 8.54. The Hall–Kier alpha value is -6.03. The highest BCUT2D eigenvalue weighted by atomic mass is 15.0. The van der Waals surface area contributed by atoms with Gasteiger partial charge in [-0.3, -0.25) is 0 Å². The first-order valence-electron chi connectivity index (χ1n) is 14.7. The summed E-state index contributed by atoms with van der Waals surface area (Å²) >= 11 is 0. The molecule has 8 rings (SSSR count). The highest BCUT2D eigenvalue weighted by Crippen LogP contribution is 2.41. The fourth-order valence-corrected chi connectivity index (χ4v) is 6.64. The molecule has 0 radical (unpaired) electrons. The average Bonchev–Trinajstić information content (AvgIpc) is 3.62. The number of hydrogen-bond donors (Lipinski definition) is 0. The van der Waals surface area contributed by atoms with Gasteiger partial charge in [0.05, 0.1) is 24.5 Å². The number of rotatable bonds is 5. The van der Waals surface area contributed by atoms with E-state index in [0.717, 1.165) is 49.9 Å². The fourth-order valence-electron chi connectivity index (χ4n) is 6.64. The lowest BCUT2D eigenvalue weighted by Gasteiger charge is -2.15. The van der Waals surface area contributed by atoms with Crippen molar-refractivity contribution in [3.05, 3.63) is 128 Å². The van der Waals surface area contributed by atoms with Crippen LogP contribution in [0.3, 0.4) is 0 Å². The average molecular weight is 562 g/mol. The summed E-state index contributed by atoms with van der Waals surface area (Å²) < 4.78 is 4.26. The standard InChI is InChI=1S/C41H27N3/c1-3-21-43-26-35(33-17-9-11-19-39(33)43)37-24-30(41-31-15-7-5-13-28(31)23-29-14-6-8-16-32(29)41)25-38(42-37)36-27-44(22-4-2)40-20-12-10-18-34(36)40/h1-2,5-20,23-27H,21-22H2. The van der Waals surface area contributed by atoms with Crippen molar-refractivity contribution in [2.45, 2.75) is 13.1 Å². The number of hydrogen-bond acceptors (Lipinski definition) is 1. The lowest BCUT2D eigenvalue weighted by atomic mass is 9.91. The van der Waals surface area contributed by atoms with Crippen molar-refractivity contribution in [3.8, 4) is 58.3 Å². The SMILES string of the molecule is C#CCn1cc(-c2cc(-c3c4ccccc4cc4ccccc34)cc(-c3cn(CC#C)c4ccccc34)n2)c2ccccc21. The molecule has 0 N–H and O–H groups in total. The summed E-state index contributed by atoms with van der Waals surface area (Å²) in [5.41, 5.74) is 8.40. The summed E-state index contributed by atoms with van der Waals surface area (Å²) in [6.07, 6.45) is 15.8. The number of fused-ring (bicyclic) bond motifs is 4. The quantitative estimate of drug-likeness (QED) is 0.152. The van der Waals surface area contributed by atoms with E-state index in [1.165, 1.54) is 27.1 Å². The molecule has 44 heavy (non-hydrogen) atoms. The maximum atomic E-state index is 5.78. The number of benzene rings is 5. The van der Waals surface area contributed by atoms with E-state index >= 15 is 0 Å². The number of para-hydroxylation sites is 2. The van der Waals surface area contributed by atoms with Crippen LogP contribution in [0.25, 0.3) is 77.0 Å². The Balaban J connectivity index is 1.49. The smallest absolute Gasteiger partial charge is 0.0835 e. The molecule has 5 aromatic carbocycles. The van der Waals surface area contributed by atoms with E-state index in [1.54, 1.807) is 0 Å². The van der Waals surface area contributed by atoms with Crippen molar-refractivity contribution in [2.24, 2.45) is 0 Å². The molecule has 3 nitrogen and oxygen atoms in total. The van der Waals surface area contributed by atoms with E-state index in [4.69, 9.17) is 17.8 Å². The molecular weight excluding hydrogens is 534 g/mol. The van der Waals surface area contributed by atoms with Crippen molar-refractivity contribution < 1.29 is 0 Å². The van der Waals surface area contributed by atoms with Crippen LogP contribution in [0.1, 0.15) is 0 Å². The minimum absolute atomic E-state index is 0.487. The number of terminal acetylenes is 2. The lowest BCUT2D eigenvalue weighted by molar-refractivity contribution is 0.886. The van der Waals surface area contributed by atoms with Crippen LogP contribution in [0.15, 0.2) is 128 Å². The largest absolute Gasteiger partial charge is 0.335 e. The van der Waals surface area contributed by atoms with Gasteiger partial charge in [-0.2, -0.15) is 0 Å². The van der Waals surface area contributed by atoms with Crippen LogP contribution in [0.5, 0.6) is 0 Å². The van der Waals surface area contributed by atoms with Gasteiger partial charge in [0.2, 0.25) is 0 Å². The van der Waals surface area contributed by atoms with Gasteiger partial charge in [-0.15, -0.1) is 12.8 Å². The van der Waals surface area contributed by atoms with Gasteiger partial charge < -0.3 is 9.13 Å². The van der Waals surface area contributed by atoms with Crippen molar-refractivity contribution in [1.29, 1.82) is 0 Å². The Morgan fingerprint density at radius 3 is 1.43 bits per heavy atom. The van der Waals surface area contributed by atoms with Gasteiger partial charge in [0.15, 0.2) is 0 Å².